The summed E-state index contributed by atoms with van der Waals surface area (Å²) in [5.41, 5.74) is -1.14. The molecule has 4 amide bonds. The second-order valence-corrected chi connectivity index (χ2v) is 13.9. The van der Waals surface area contributed by atoms with Crippen LogP contribution in [0, 0.1) is 23.2 Å². The summed E-state index contributed by atoms with van der Waals surface area (Å²) in [6.45, 7) is 4.91. The summed E-state index contributed by atoms with van der Waals surface area (Å²) >= 11 is 0. The predicted octanol–water partition coefficient (Wildman–Crippen LogP) is 1.57. The van der Waals surface area contributed by atoms with Crippen LogP contribution in [0.15, 0.2) is 11.2 Å². The lowest BCUT2D eigenvalue weighted by Gasteiger charge is -2.36. The molecule has 0 spiro atoms. The van der Waals surface area contributed by atoms with Crippen LogP contribution in [0.25, 0.3) is 0 Å². The van der Waals surface area contributed by atoms with E-state index in [1.807, 2.05) is 0 Å². The van der Waals surface area contributed by atoms with E-state index in [4.69, 9.17) is 0 Å². The molecule has 0 radical (unpaired) electrons. The van der Waals surface area contributed by atoms with Crippen molar-refractivity contribution in [3.8, 4) is 0 Å². The fourth-order valence-electron chi connectivity index (χ4n) is 5.79. The molecule has 2 saturated heterocycles. The van der Waals surface area contributed by atoms with Gasteiger partial charge in [0.2, 0.25) is 32.7 Å². The van der Waals surface area contributed by atoms with Gasteiger partial charge in [-0.15, -0.1) is 0 Å². The van der Waals surface area contributed by atoms with Gasteiger partial charge in [0.05, 0.1) is 6.04 Å². The Bertz CT molecular complexity index is 1170. The molecule has 40 heavy (non-hydrogen) atoms. The first-order valence-corrected chi connectivity index (χ1v) is 15.0. The lowest BCUT2D eigenvalue weighted by molar-refractivity contribution is -0.176. The highest BCUT2D eigenvalue weighted by molar-refractivity contribution is 7.94. The maximum absolute atomic E-state index is 14.5. The first-order chi connectivity index (χ1) is 18.3. The van der Waals surface area contributed by atoms with Crippen LogP contribution in [0.4, 0.5) is 17.6 Å². The highest BCUT2D eigenvalue weighted by Gasteiger charge is 2.53. The van der Waals surface area contributed by atoms with Crippen LogP contribution in [0.5, 0.6) is 0 Å². The van der Waals surface area contributed by atoms with Crippen LogP contribution < -0.4 is 16.0 Å². The molecule has 3 fully saturated rings. The molecule has 15 heteroatoms. The Labute approximate surface area is 230 Å². The summed E-state index contributed by atoms with van der Waals surface area (Å²) in [5, 5.41) is 5.50. The van der Waals surface area contributed by atoms with Crippen molar-refractivity contribution in [1.82, 2.24) is 20.9 Å². The van der Waals surface area contributed by atoms with Crippen LogP contribution in [-0.2, 0) is 29.0 Å². The highest BCUT2D eigenvalue weighted by atomic mass is 32.2. The molecule has 10 nitrogen and oxygen atoms in total. The zero-order valence-electron chi connectivity index (χ0n) is 22.8. The number of carbonyl (C=O) groups is 4. The summed E-state index contributed by atoms with van der Waals surface area (Å²) in [4.78, 5) is 52.4. The number of carbonyl (C=O) groups excluding carboxylic acids is 4. The van der Waals surface area contributed by atoms with Gasteiger partial charge in [-0.3, -0.25) is 19.2 Å². The number of amides is 4. The highest BCUT2D eigenvalue weighted by Crippen LogP contribution is 2.43. The molecule has 0 aromatic heterocycles. The molecule has 6 atom stereocenters. The number of nitrogens with zero attached hydrogens (tertiary/aromatic N) is 1. The largest absolute Gasteiger partial charge is 0.471 e. The van der Waals surface area contributed by atoms with Crippen LogP contribution in [-0.4, -0.2) is 80.6 Å². The summed E-state index contributed by atoms with van der Waals surface area (Å²) < 4.78 is 77.1. The monoisotopic (exact) mass is 596 g/mol. The topological polar surface area (TPSA) is 142 Å². The van der Waals surface area contributed by atoms with E-state index < -0.39 is 68.4 Å². The van der Waals surface area contributed by atoms with Crippen molar-refractivity contribution in [3.63, 3.8) is 0 Å². The molecule has 0 unspecified atom stereocenters. The zero-order valence-corrected chi connectivity index (χ0v) is 23.6. The van der Waals surface area contributed by atoms with Crippen LogP contribution in [0.3, 0.4) is 0 Å². The predicted molar refractivity (Wildman–Crippen MR) is 135 cm³/mol. The van der Waals surface area contributed by atoms with Gasteiger partial charge < -0.3 is 20.9 Å². The Morgan fingerprint density at radius 3 is 2.30 bits per heavy atom. The Morgan fingerprint density at radius 2 is 1.77 bits per heavy atom. The van der Waals surface area contributed by atoms with E-state index in [9.17, 15) is 45.2 Å². The van der Waals surface area contributed by atoms with Gasteiger partial charge in [-0.1, -0.05) is 27.2 Å². The fourth-order valence-corrected chi connectivity index (χ4v) is 6.20. The number of hydrogen-bond donors (Lipinski definition) is 3. The first-order valence-electron chi connectivity index (χ1n) is 13.1. The Balaban J connectivity index is 1.91. The molecule has 1 saturated carbocycles. The average Bonchev–Trinajstić information content (AvgIpc) is 3.50. The van der Waals surface area contributed by atoms with Crippen molar-refractivity contribution in [3.05, 3.63) is 11.2 Å². The lowest BCUT2D eigenvalue weighted by atomic mass is 9.85. The van der Waals surface area contributed by atoms with Gasteiger partial charge in [-0.05, 0) is 49.0 Å². The third-order valence-electron chi connectivity index (χ3n) is 7.80. The molecule has 0 aromatic carbocycles. The minimum Gasteiger partial charge on any atom is -0.356 e. The third kappa shape index (κ3) is 7.32. The lowest BCUT2D eigenvalue weighted by Crippen LogP contribution is -2.60. The molecule has 0 aromatic rings. The molecule has 3 aliphatic rings. The van der Waals surface area contributed by atoms with E-state index in [0.717, 1.165) is 6.42 Å². The standard InChI is InChI=1S/C25H36F4N4O6S/c1-24(2,3)19(32-23(37)25(27,28)29)22(36)33-12-14-6-5-7-16(14)18(33)21(35)31-15(11-17(26)40(4,38)39)10-13-8-9-30-20(13)34/h11,13-16,18-19H,5-10,12H2,1-4H3,(H,30,34)(H,31,35)(H,32,37)/b17-11-/t13-,14-,15-,16-,18-,19-/m1/s1. The Hall–Kier alpha value is -2.71. The number of rotatable bonds is 8. The van der Waals surface area contributed by atoms with Gasteiger partial charge >= 0.3 is 12.1 Å². The van der Waals surface area contributed by atoms with E-state index in [2.05, 4.69) is 10.6 Å². The van der Waals surface area contributed by atoms with Gasteiger partial charge in [0.15, 0.2) is 0 Å². The molecule has 3 N–H and O–H groups in total. The number of alkyl halides is 3. The SMILES string of the molecule is CC(C)(C)[C@H](NC(=O)C(F)(F)F)C(=O)N1C[C@H]2CCC[C@H]2[C@@H]1C(=O)N[C@@H](/C=C(/F)S(C)(=O)=O)C[C@H]1CCNC1=O. The van der Waals surface area contributed by atoms with Crippen molar-refractivity contribution >= 4 is 33.5 Å². The minimum atomic E-state index is -5.22. The van der Waals surface area contributed by atoms with Gasteiger partial charge in [-0.2, -0.15) is 17.6 Å². The van der Waals surface area contributed by atoms with Crippen molar-refractivity contribution in [2.45, 2.75) is 77.2 Å². The third-order valence-corrected chi connectivity index (χ3v) is 8.65. The average molecular weight is 597 g/mol. The fraction of sp³-hybridized carbons (Fsp3) is 0.760. The molecular weight excluding hydrogens is 560 g/mol. The Morgan fingerprint density at radius 1 is 1.12 bits per heavy atom. The Kier molecular flexibility index (Phi) is 9.26. The van der Waals surface area contributed by atoms with Gasteiger partial charge in [0.1, 0.15) is 12.1 Å². The number of sulfone groups is 1. The first kappa shape index (κ1) is 31.8. The smallest absolute Gasteiger partial charge is 0.356 e. The van der Waals surface area contributed by atoms with E-state index in [1.54, 1.807) is 5.32 Å². The number of halogens is 4. The minimum absolute atomic E-state index is 0.0826. The molecule has 2 heterocycles. The summed E-state index contributed by atoms with van der Waals surface area (Å²) in [5.74, 6) is -5.25. The molecule has 0 bridgehead atoms. The van der Waals surface area contributed by atoms with Crippen LogP contribution >= 0.6 is 0 Å². The maximum Gasteiger partial charge on any atom is 0.471 e. The molecule has 2 aliphatic heterocycles. The maximum atomic E-state index is 14.5. The molecular formula is C25H36F4N4O6S. The van der Waals surface area contributed by atoms with E-state index in [1.165, 1.54) is 25.7 Å². The van der Waals surface area contributed by atoms with Crippen molar-refractivity contribution < 1.29 is 45.2 Å². The summed E-state index contributed by atoms with van der Waals surface area (Å²) in [6, 6.07) is -3.95. The second kappa shape index (κ2) is 11.6. The van der Waals surface area contributed by atoms with Gasteiger partial charge in [-0.25, -0.2) is 8.42 Å². The van der Waals surface area contributed by atoms with Gasteiger partial charge in [0.25, 0.3) is 0 Å². The summed E-state index contributed by atoms with van der Waals surface area (Å²) in [7, 11) is -4.24. The van der Waals surface area contributed by atoms with Gasteiger partial charge in [0, 0.05) is 25.3 Å². The number of likely N-dealkylation sites (tertiary alicyclic amines) is 1. The molecule has 1 aliphatic carbocycles. The van der Waals surface area contributed by atoms with E-state index >= 15 is 0 Å². The number of hydrogen-bond acceptors (Lipinski definition) is 6. The van der Waals surface area contributed by atoms with E-state index in [-0.39, 0.29) is 30.7 Å². The van der Waals surface area contributed by atoms with E-state index in [0.29, 0.717) is 38.1 Å². The molecule has 226 valence electrons. The number of nitrogens with one attached hydrogen (secondary N) is 3. The van der Waals surface area contributed by atoms with Crippen LogP contribution in [0.1, 0.15) is 52.9 Å². The summed E-state index contributed by atoms with van der Waals surface area (Å²) in [6.07, 6.45) is -1.55. The zero-order chi connectivity index (χ0) is 30.2. The van der Waals surface area contributed by atoms with Crippen molar-refractivity contribution in [2.75, 3.05) is 19.3 Å². The number of fused-ring (bicyclic) bond motifs is 1. The molecule has 3 rings (SSSR count). The van der Waals surface area contributed by atoms with Crippen LogP contribution in [0.2, 0.25) is 0 Å². The second-order valence-electron chi connectivity index (χ2n) is 11.9. The van der Waals surface area contributed by atoms with Crippen molar-refractivity contribution in [2.24, 2.45) is 23.2 Å². The normalized spacial score (nSPS) is 27.1. The quantitative estimate of drug-likeness (QED) is 0.364. The van der Waals surface area contributed by atoms with Crippen molar-refractivity contribution in [1.29, 1.82) is 0 Å².